The average molecular weight is 331 g/mol. The van der Waals surface area contributed by atoms with E-state index in [1.807, 2.05) is 0 Å². The average Bonchev–Trinajstić information content (AvgIpc) is 2.21. The van der Waals surface area contributed by atoms with Gasteiger partial charge in [-0.3, -0.25) is 0 Å². The quantitative estimate of drug-likeness (QED) is 0.628. The molecule has 22 heavy (non-hydrogen) atoms. The summed E-state index contributed by atoms with van der Waals surface area (Å²) in [6, 6.07) is 0. The second-order valence-electron chi connectivity index (χ2n) is 10.5. The molecule has 1 atom stereocenters. The Balaban J connectivity index is 5.72. The minimum Gasteiger partial charge on any atom is -0.420 e. The van der Waals surface area contributed by atoms with Gasteiger partial charge in [-0.2, -0.15) is 0 Å². The van der Waals surface area contributed by atoms with Crippen LogP contribution in [0.4, 0.5) is 0 Å². The third-order valence-electron chi connectivity index (χ3n) is 3.82. The van der Waals surface area contributed by atoms with Crippen LogP contribution in [0, 0.1) is 16.2 Å². The topological polar surface area (TPSA) is 18.5 Å². The number of ether oxygens (including phenoxy) is 1. The molecule has 0 saturated heterocycles. The molecule has 0 N–H and O–H groups in total. The van der Waals surface area contributed by atoms with Gasteiger partial charge in [-0.25, -0.2) is 0 Å². The summed E-state index contributed by atoms with van der Waals surface area (Å²) in [6.07, 6.45) is 3.28. The van der Waals surface area contributed by atoms with Crippen molar-refractivity contribution in [3.63, 3.8) is 0 Å². The lowest BCUT2D eigenvalue weighted by molar-refractivity contribution is -0.134. The monoisotopic (exact) mass is 330 g/mol. The Bertz CT molecular complexity index is 302. The van der Waals surface area contributed by atoms with Crippen molar-refractivity contribution in [3.8, 4) is 0 Å². The molecule has 0 aromatic carbocycles. The molecule has 1 unspecified atom stereocenters. The molecule has 0 aliphatic rings. The van der Waals surface area contributed by atoms with E-state index in [0.29, 0.717) is 0 Å². The molecule has 0 radical (unpaired) electrons. The summed E-state index contributed by atoms with van der Waals surface area (Å²) < 4.78 is 12.6. The van der Waals surface area contributed by atoms with E-state index in [2.05, 4.69) is 69.2 Å². The van der Waals surface area contributed by atoms with E-state index in [-0.39, 0.29) is 27.9 Å². The highest BCUT2D eigenvalue weighted by Crippen LogP contribution is 2.44. The van der Waals surface area contributed by atoms with Gasteiger partial charge in [-0.1, -0.05) is 62.3 Å². The molecule has 0 bridgehead atoms. The SMILES string of the molecule is CCOC(CC(C)(C)C)C(CC(C)(C)C)(CC(C)(C)C)O[SiH3]. The summed E-state index contributed by atoms with van der Waals surface area (Å²) in [5.74, 6) is 0. The standard InChI is InChI=1S/C19H42O2Si/c1-11-20-15(12-16(2,3)4)19(21-22,13-17(5,6)7)14-18(8,9)10/h15H,11-14H2,1-10,22H3. The van der Waals surface area contributed by atoms with Crippen molar-refractivity contribution in [2.45, 2.75) is 100 Å². The summed E-state index contributed by atoms with van der Waals surface area (Å²) in [5.41, 5.74) is 0.513. The molecule has 0 amide bonds. The van der Waals surface area contributed by atoms with Gasteiger partial charge in [0.1, 0.15) is 10.5 Å². The maximum Gasteiger partial charge on any atom is 0.146 e. The molecule has 2 nitrogen and oxygen atoms in total. The summed E-state index contributed by atoms with van der Waals surface area (Å²) in [6.45, 7) is 23.6. The predicted octanol–water partition coefficient (Wildman–Crippen LogP) is 4.74. The zero-order valence-electron chi connectivity index (χ0n) is 17.2. The predicted molar refractivity (Wildman–Crippen MR) is 101 cm³/mol. The molecule has 3 heteroatoms. The van der Waals surface area contributed by atoms with E-state index >= 15 is 0 Å². The van der Waals surface area contributed by atoms with Crippen LogP contribution in [-0.4, -0.2) is 28.8 Å². The van der Waals surface area contributed by atoms with Gasteiger partial charge in [-0.15, -0.1) is 0 Å². The third kappa shape index (κ3) is 8.69. The molecule has 134 valence electrons. The molecule has 0 aromatic heterocycles. The molecule has 0 aliphatic carbocycles. The van der Waals surface area contributed by atoms with Gasteiger partial charge in [0.25, 0.3) is 0 Å². The first-order valence-electron chi connectivity index (χ1n) is 8.81. The largest absolute Gasteiger partial charge is 0.420 e. The number of rotatable bonds is 7. The van der Waals surface area contributed by atoms with Gasteiger partial charge in [0.15, 0.2) is 0 Å². The van der Waals surface area contributed by atoms with E-state index in [4.69, 9.17) is 9.16 Å². The highest BCUT2D eigenvalue weighted by atomic mass is 28.2. The summed E-state index contributed by atoms with van der Waals surface area (Å²) >= 11 is 0. The summed E-state index contributed by atoms with van der Waals surface area (Å²) in [5, 5.41) is 0. The maximum atomic E-state index is 6.36. The molecule has 0 aromatic rings. The Hall–Kier alpha value is 0.137. The second-order valence-corrected chi connectivity index (χ2v) is 10.9. The summed E-state index contributed by atoms with van der Waals surface area (Å²) in [4.78, 5) is 0. The fraction of sp³-hybridized carbons (Fsp3) is 1.00. The van der Waals surface area contributed by atoms with Crippen molar-refractivity contribution < 1.29 is 9.16 Å². The highest BCUT2D eigenvalue weighted by Gasteiger charge is 2.45. The normalized spacial score (nSPS) is 16.1. The van der Waals surface area contributed by atoms with Crippen molar-refractivity contribution in [1.29, 1.82) is 0 Å². The van der Waals surface area contributed by atoms with Gasteiger partial charge in [0, 0.05) is 6.61 Å². The smallest absolute Gasteiger partial charge is 0.146 e. The van der Waals surface area contributed by atoms with E-state index in [9.17, 15) is 0 Å². The van der Waals surface area contributed by atoms with Gasteiger partial charge < -0.3 is 9.16 Å². The first kappa shape index (κ1) is 22.1. The van der Waals surface area contributed by atoms with Crippen LogP contribution in [-0.2, 0) is 9.16 Å². The Morgan fingerprint density at radius 1 is 0.773 bits per heavy atom. The van der Waals surface area contributed by atoms with Crippen LogP contribution < -0.4 is 0 Å². The van der Waals surface area contributed by atoms with Crippen LogP contribution in [0.15, 0.2) is 0 Å². The van der Waals surface area contributed by atoms with E-state index in [1.165, 1.54) is 0 Å². The molecule has 0 fully saturated rings. The van der Waals surface area contributed by atoms with Crippen molar-refractivity contribution in [3.05, 3.63) is 0 Å². The van der Waals surface area contributed by atoms with Crippen LogP contribution in [0.2, 0.25) is 0 Å². The van der Waals surface area contributed by atoms with E-state index < -0.39 is 0 Å². The Morgan fingerprint density at radius 3 is 1.41 bits per heavy atom. The Morgan fingerprint density at radius 2 is 1.18 bits per heavy atom. The summed E-state index contributed by atoms with van der Waals surface area (Å²) in [7, 11) is 0.749. The second kappa shape index (κ2) is 7.81. The van der Waals surface area contributed by atoms with Crippen LogP contribution in [0.3, 0.4) is 0 Å². The lowest BCUT2D eigenvalue weighted by atomic mass is 9.68. The first-order valence-corrected chi connectivity index (χ1v) is 9.63. The number of hydrogen-bond acceptors (Lipinski definition) is 2. The van der Waals surface area contributed by atoms with Crippen LogP contribution >= 0.6 is 0 Å². The minimum absolute atomic E-state index is 0.161. The van der Waals surface area contributed by atoms with Crippen molar-refractivity contribution in [1.82, 2.24) is 0 Å². The lowest BCUT2D eigenvalue weighted by Gasteiger charge is -2.48. The van der Waals surface area contributed by atoms with Gasteiger partial charge >= 0.3 is 0 Å². The van der Waals surface area contributed by atoms with Gasteiger partial charge in [0.2, 0.25) is 0 Å². The van der Waals surface area contributed by atoms with Gasteiger partial charge in [-0.05, 0) is 42.4 Å². The molecule has 0 rings (SSSR count). The van der Waals surface area contributed by atoms with Crippen LogP contribution in [0.5, 0.6) is 0 Å². The molecule has 0 aliphatic heterocycles. The van der Waals surface area contributed by atoms with Crippen LogP contribution in [0.25, 0.3) is 0 Å². The first-order chi connectivity index (χ1) is 9.64. The zero-order valence-corrected chi connectivity index (χ0v) is 19.2. The molecular weight excluding hydrogens is 288 g/mol. The lowest BCUT2D eigenvalue weighted by Crippen LogP contribution is -2.52. The van der Waals surface area contributed by atoms with Crippen molar-refractivity contribution in [2.75, 3.05) is 6.61 Å². The zero-order chi connectivity index (χ0) is 17.8. The van der Waals surface area contributed by atoms with Crippen LogP contribution in [0.1, 0.15) is 88.5 Å². The third-order valence-corrected chi connectivity index (χ3v) is 4.63. The Labute approximate surface area is 143 Å². The fourth-order valence-electron chi connectivity index (χ4n) is 3.52. The van der Waals surface area contributed by atoms with Crippen molar-refractivity contribution >= 4 is 10.5 Å². The van der Waals surface area contributed by atoms with Crippen molar-refractivity contribution in [2.24, 2.45) is 16.2 Å². The molecule has 0 spiro atoms. The number of hydrogen-bond donors (Lipinski definition) is 0. The fourth-order valence-corrected chi connectivity index (χ4v) is 4.07. The Kier molecular flexibility index (Phi) is 7.85. The minimum atomic E-state index is -0.175. The van der Waals surface area contributed by atoms with Gasteiger partial charge in [0.05, 0.1) is 11.7 Å². The molecule has 0 saturated carbocycles. The highest BCUT2D eigenvalue weighted by molar-refractivity contribution is 5.98. The molecule has 0 heterocycles. The van der Waals surface area contributed by atoms with E-state index in [0.717, 1.165) is 36.4 Å². The molecular formula is C19H42O2Si. The van der Waals surface area contributed by atoms with E-state index in [1.54, 1.807) is 0 Å². The maximum absolute atomic E-state index is 6.36.